The van der Waals surface area contributed by atoms with Crippen molar-refractivity contribution in [1.29, 1.82) is 0 Å². The van der Waals surface area contributed by atoms with E-state index in [1.54, 1.807) is 6.20 Å². The Morgan fingerprint density at radius 3 is 2.40 bits per heavy atom. The molecule has 0 aliphatic rings. The summed E-state index contributed by atoms with van der Waals surface area (Å²) in [6.45, 7) is 10.4. The van der Waals surface area contributed by atoms with Gasteiger partial charge in [0.2, 0.25) is 0 Å². The maximum absolute atomic E-state index is 6.22. The van der Waals surface area contributed by atoms with Gasteiger partial charge in [0.25, 0.3) is 0 Å². The molecule has 0 saturated heterocycles. The zero-order valence-electron chi connectivity index (χ0n) is 12.3. The van der Waals surface area contributed by atoms with E-state index in [-0.39, 0.29) is 5.41 Å². The fourth-order valence-electron chi connectivity index (χ4n) is 1.78. The van der Waals surface area contributed by atoms with E-state index in [0.717, 1.165) is 15.7 Å². The first-order valence-corrected chi connectivity index (χ1v) is 7.65. The van der Waals surface area contributed by atoms with Crippen LogP contribution in [-0.4, -0.2) is 19.7 Å². The Balaban J connectivity index is 2.54. The monoisotopic (exact) mass is 356 g/mol. The van der Waals surface area contributed by atoms with Gasteiger partial charge in [-0.1, -0.05) is 32.4 Å². The lowest BCUT2D eigenvalue weighted by molar-refractivity contribution is 0.532. The summed E-state index contributed by atoms with van der Waals surface area (Å²) in [5, 5.41) is 4.75. The minimum absolute atomic E-state index is 0.117. The molecular formula is C14H18BrClN4. The number of hydrogen-bond donors (Lipinski definition) is 0. The molecule has 20 heavy (non-hydrogen) atoms. The van der Waals surface area contributed by atoms with Gasteiger partial charge in [0.15, 0.2) is 5.82 Å². The van der Waals surface area contributed by atoms with Crippen LogP contribution < -0.4 is 0 Å². The van der Waals surface area contributed by atoms with Crippen LogP contribution in [0.1, 0.15) is 46.4 Å². The first-order chi connectivity index (χ1) is 9.20. The molecule has 2 aromatic rings. The van der Waals surface area contributed by atoms with Crippen LogP contribution in [0, 0.1) is 0 Å². The first-order valence-electron chi connectivity index (χ1n) is 6.48. The zero-order chi connectivity index (χ0) is 15.1. The molecule has 0 aromatic carbocycles. The summed E-state index contributed by atoms with van der Waals surface area (Å²) in [7, 11) is 0. The number of aromatic nitrogens is 4. The average Bonchev–Trinajstić information content (AvgIpc) is 2.80. The van der Waals surface area contributed by atoms with E-state index < -0.39 is 0 Å². The maximum atomic E-state index is 6.22. The zero-order valence-corrected chi connectivity index (χ0v) is 14.6. The fourth-order valence-corrected chi connectivity index (χ4v) is 2.72. The molecule has 0 amide bonds. The van der Waals surface area contributed by atoms with Gasteiger partial charge in [0, 0.05) is 17.7 Å². The predicted octanol–water partition coefficient (Wildman–Crippen LogP) is 4.63. The third kappa shape index (κ3) is 3.04. The molecule has 108 valence electrons. The van der Waals surface area contributed by atoms with Crippen LogP contribution in [0.25, 0.3) is 11.4 Å². The number of nitrogens with zero attached hydrogens (tertiary/aromatic N) is 4. The molecule has 0 spiro atoms. The predicted molar refractivity (Wildman–Crippen MR) is 85.0 cm³/mol. The molecule has 2 aromatic heterocycles. The standard InChI is InChI=1S/C14H18BrClN4/c1-8(2)20-7-9(6-17-20)13-18-11(14(3,4)5)10(15)12(16)19-13/h6-8H,1-5H3. The van der Waals surface area contributed by atoms with Crippen molar-refractivity contribution >= 4 is 27.5 Å². The van der Waals surface area contributed by atoms with E-state index in [0.29, 0.717) is 17.0 Å². The molecule has 0 saturated carbocycles. The summed E-state index contributed by atoms with van der Waals surface area (Å²) >= 11 is 9.69. The Bertz CT molecular complexity index is 629. The highest BCUT2D eigenvalue weighted by Gasteiger charge is 2.23. The highest BCUT2D eigenvalue weighted by atomic mass is 79.9. The van der Waals surface area contributed by atoms with Crippen molar-refractivity contribution in [3.63, 3.8) is 0 Å². The van der Waals surface area contributed by atoms with E-state index in [1.165, 1.54) is 0 Å². The molecule has 0 unspecified atom stereocenters. The van der Waals surface area contributed by atoms with Crippen molar-refractivity contribution in [3.05, 3.63) is 27.7 Å². The fraction of sp³-hybridized carbons (Fsp3) is 0.500. The van der Waals surface area contributed by atoms with Gasteiger partial charge in [-0.15, -0.1) is 0 Å². The third-order valence-corrected chi connectivity index (χ3v) is 4.16. The van der Waals surface area contributed by atoms with Crippen LogP contribution in [0.15, 0.2) is 16.9 Å². The molecule has 0 N–H and O–H groups in total. The Morgan fingerprint density at radius 2 is 1.90 bits per heavy atom. The van der Waals surface area contributed by atoms with Gasteiger partial charge in [-0.2, -0.15) is 5.10 Å². The molecule has 4 nitrogen and oxygen atoms in total. The lowest BCUT2D eigenvalue weighted by atomic mass is 9.92. The van der Waals surface area contributed by atoms with E-state index in [2.05, 4.69) is 65.6 Å². The number of halogens is 2. The molecule has 6 heteroatoms. The van der Waals surface area contributed by atoms with Gasteiger partial charge in [0.05, 0.1) is 21.9 Å². The average molecular weight is 358 g/mol. The lowest BCUT2D eigenvalue weighted by Gasteiger charge is -2.20. The second-order valence-corrected chi connectivity index (χ2v) is 7.20. The summed E-state index contributed by atoms with van der Waals surface area (Å²) in [5.74, 6) is 0.607. The SMILES string of the molecule is CC(C)n1cc(-c2nc(Cl)c(Br)c(C(C)(C)C)n2)cn1. The largest absolute Gasteiger partial charge is 0.270 e. The molecular weight excluding hydrogens is 340 g/mol. The van der Waals surface area contributed by atoms with Gasteiger partial charge in [-0.05, 0) is 29.8 Å². The molecule has 0 atom stereocenters. The van der Waals surface area contributed by atoms with Crippen LogP contribution >= 0.6 is 27.5 Å². The van der Waals surface area contributed by atoms with Gasteiger partial charge in [-0.3, -0.25) is 4.68 Å². The quantitative estimate of drug-likeness (QED) is 0.736. The third-order valence-electron chi connectivity index (χ3n) is 2.91. The second kappa shape index (κ2) is 5.45. The highest BCUT2D eigenvalue weighted by Crippen LogP contribution is 2.34. The topological polar surface area (TPSA) is 43.6 Å². The second-order valence-electron chi connectivity index (χ2n) is 6.05. The molecule has 0 fully saturated rings. The smallest absolute Gasteiger partial charge is 0.164 e. The van der Waals surface area contributed by atoms with Gasteiger partial charge in [0.1, 0.15) is 5.15 Å². The molecule has 0 bridgehead atoms. The first kappa shape index (κ1) is 15.4. The van der Waals surface area contributed by atoms with Crippen molar-refractivity contribution in [3.8, 4) is 11.4 Å². The summed E-state index contributed by atoms with van der Waals surface area (Å²) in [5.41, 5.74) is 1.65. The van der Waals surface area contributed by atoms with Crippen molar-refractivity contribution in [2.45, 2.75) is 46.1 Å². The Morgan fingerprint density at radius 1 is 1.25 bits per heavy atom. The molecule has 0 aliphatic carbocycles. The Labute approximate surface area is 132 Å². The lowest BCUT2D eigenvalue weighted by Crippen LogP contribution is -2.16. The van der Waals surface area contributed by atoms with Crippen molar-refractivity contribution < 1.29 is 0 Å². The minimum Gasteiger partial charge on any atom is -0.270 e. The van der Waals surface area contributed by atoms with Crippen LogP contribution in [0.5, 0.6) is 0 Å². The van der Waals surface area contributed by atoms with Crippen molar-refractivity contribution in [2.75, 3.05) is 0 Å². The van der Waals surface area contributed by atoms with E-state index in [9.17, 15) is 0 Å². The van der Waals surface area contributed by atoms with Crippen LogP contribution in [0.2, 0.25) is 5.15 Å². The minimum atomic E-state index is -0.117. The molecule has 2 rings (SSSR count). The Hall–Kier alpha value is -0.940. The highest BCUT2D eigenvalue weighted by molar-refractivity contribution is 9.10. The normalized spacial score (nSPS) is 12.2. The van der Waals surface area contributed by atoms with Gasteiger partial charge >= 0.3 is 0 Å². The van der Waals surface area contributed by atoms with E-state index in [1.807, 2.05) is 10.9 Å². The van der Waals surface area contributed by atoms with E-state index >= 15 is 0 Å². The van der Waals surface area contributed by atoms with Crippen LogP contribution in [0.3, 0.4) is 0 Å². The molecule has 0 radical (unpaired) electrons. The summed E-state index contributed by atoms with van der Waals surface area (Å²) < 4.78 is 2.64. The van der Waals surface area contributed by atoms with Crippen molar-refractivity contribution in [1.82, 2.24) is 19.7 Å². The van der Waals surface area contributed by atoms with E-state index in [4.69, 9.17) is 11.6 Å². The maximum Gasteiger partial charge on any atom is 0.164 e. The van der Waals surface area contributed by atoms with Gasteiger partial charge in [-0.25, -0.2) is 9.97 Å². The molecule has 0 aliphatic heterocycles. The van der Waals surface area contributed by atoms with Gasteiger partial charge < -0.3 is 0 Å². The summed E-state index contributed by atoms with van der Waals surface area (Å²) in [4.78, 5) is 9.00. The summed E-state index contributed by atoms with van der Waals surface area (Å²) in [6, 6.07) is 0.303. The molecule has 2 heterocycles. The van der Waals surface area contributed by atoms with Crippen LogP contribution in [0.4, 0.5) is 0 Å². The van der Waals surface area contributed by atoms with Crippen LogP contribution in [-0.2, 0) is 5.41 Å². The van der Waals surface area contributed by atoms with Crippen molar-refractivity contribution in [2.24, 2.45) is 0 Å². The summed E-state index contributed by atoms with van der Waals surface area (Å²) in [6.07, 6.45) is 3.71. The number of rotatable bonds is 2. The number of hydrogen-bond acceptors (Lipinski definition) is 3. The Kier molecular flexibility index (Phi) is 4.21.